The molecule has 0 aliphatic carbocycles. The first-order valence-corrected chi connectivity index (χ1v) is 10.9. The van der Waals surface area contributed by atoms with Crippen LogP contribution in [0.5, 0.6) is 5.75 Å². The minimum Gasteiger partial charge on any atom is -0.493 e. The number of nitrogens with one attached hydrogen (secondary N) is 1. The second kappa shape index (κ2) is 8.72. The fraction of sp³-hybridized carbons (Fsp3) is 0.200. The molecule has 8 nitrogen and oxygen atoms in total. The summed E-state index contributed by atoms with van der Waals surface area (Å²) in [4.78, 5) is 16.5. The fourth-order valence-electron chi connectivity index (χ4n) is 2.88. The van der Waals surface area contributed by atoms with Gasteiger partial charge in [0.25, 0.3) is 0 Å². The van der Waals surface area contributed by atoms with Gasteiger partial charge >= 0.3 is 0 Å². The topological polar surface area (TPSA) is 95.1 Å². The largest absolute Gasteiger partial charge is 0.493 e. The molecule has 0 saturated heterocycles. The van der Waals surface area contributed by atoms with Crippen LogP contribution < -0.4 is 10.1 Å². The van der Waals surface area contributed by atoms with E-state index in [9.17, 15) is 4.79 Å². The molecular weight excluding hydrogens is 422 g/mol. The normalized spacial score (nSPS) is 11.0. The molecule has 4 aromatic rings. The Morgan fingerprint density at radius 1 is 1.43 bits per heavy atom. The number of fused-ring (bicyclic) bond motifs is 1. The number of rotatable bonds is 8. The van der Waals surface area contributed by atoms with Gasteiger partial charge in [-0.05, 0) is 19.1 Å². The molecule has 10 heteroatoms. The highest BCUT2D eigenvalue weighted by atomic mass is 32.2. The second-order valence-corrected chi connectivity index (χ2v) is 8.13. The highest BCUT2D eigenvalue weighted by Crippen LogP contribution is 2.33. The number of anilines is 1. The number of furan rings is 1. The van der Waals surface area contributed by atoms with Gasteiger partial charge in [-0.25, -0.2) is 4.98 Å². The molecule has 0 unspecified atom stereocenters. The van der Waals surface area contributed by atoms with Crippen molar-refractivity contribution in [1.29, 1.82) is 0 Å². The lowest BCUT2D eigenvalue weighted by atomic mass is 10.2. The average molecular weight is 442 g/mol. The summed E-state index contributed by atoms with van der Waals surface area (Å²) in [5.41, 5.74) is 1.52. The van der Waals surface area contributed by atoms with Gasteiger partial charge in [0, 0.05) is 17.3 Å². The smallest absolute Gasteiger partial charge is 0.236 e. The van der Waals surface area contributed by atoms with Crippen molar-refractivity contribution in [2.45, 2.75) is 18.6 Å². The maximum atomic E-state index is 12.3. The molecule has 0 atom stereocenters. The maximum absolute atomic E-state index is 12.3. The molecule has 3 heterocycles. The highest BCUT2D eigenvalue weighted by Gasteiger charge is 2.19. The Bertz CT molecular complexity index is 1210. The standard InChI is InChI=1S/C20H19N5O3S2/c1-4-8-25-18(15-9-13-6-5-7-14(27-3)17(13)28-15)23-24-20(25)30-11-16(26)22-19-21-12(2)10-29-19/h4-7,9-10H,1,8,11H2,2-3H3,(H,21,22,26). The minimum atomic E-state index is -0.155. The summed E-state index contributed by atoms with van der Waals surface area (Å²) in [6, 6.07) is 7.58. The first-order valence-electron chi connectivity index (χ1n) is 9.05. The van der Waals surface area contributed by atoms with E-state index in [-0.39, 0.29) is 11.7 Å². The van der Waals surface area contributed by atoms with Crippen LogP contribution in [-0.4, -0.2) is 38.5 Å². The monoisotopic (exact) mass is 441 g/mol. The van der Waals surface area contributed by atoms with E-state index >= 15 is 0 Å². The summed E-state index contributed by atoms with van der Waals surface area (Å²) in [6.45, 7) is 6.17. The van der Waals surface area contributed by atoms with Gasteiger partial charge in [0.1, 0.15) is 0 Å². The van der Waals surface area contributed by atoms with Crippen molar-refractivity contribution in [2.75, 3.05) is 18.2 Å². The number of hydrogen-bond acceptors (Lipinski definition) is 8. The van der Waals surface area contributed by atoms with Crippen molar-refractivity contribution in [3.8, 4) is 17.3 Å². The lowest BCUT2D eigenvalue weighted by Gasteiger charge is -2.06. The molecule has 0 saturated carbocycles. The lowest BCUT2D eigenvalue weighted by Crippen LogP contribution is -2.14. The van der Waals surface area contributed by atoms with Crippen LogP contribution in [-0.2, 0) is 11.3 Å². The first-order chi connectivity index (χ1) is 14.6. The second-order valence-electron chi connectivity index (χ2n) is 6.33. The summed E-state index contributed by atoms with van der Waals surface area (Å²) in [7, 11) is 1.60. The minimum absolute atomic E-state index is 0.155. The Labute approximate surface area is 181 Å². The molecule has 0 aliphatic heterocycles. The summed E-state index contributed by atoms with van der Waals surface area (Å²) in [5.74, 6) is 1.81. The molecule has 0 spiro atoms. The number of benzene rings is 1. The van der Waals surface area contributed by atoms with Crippen molar-refractivity contribution < 1.29 is 13.9 Å². The summed E-state index contributed by atoms with van der Waals surface area (Å²) in [5, 5.41) is 15.3. The van der Waals surface area contributed by atoms with Gasteiger partial charge in [-0.2, -0.15) is 0 Å². The molecular formula is C20H19N5O3S2. The van der Waals surface area contributed by atoms with E-state index in [0.717, 1.165) is 11.1 Å². The lowest BCUT2D eigenvalue weighted by molar-refractivity contribution is -0.113. The SMILES string of the molecule is C=CCn1c(SCC(=O)Nc2nc(C)cs2)nnc1-c1cc2cccc(OC)c2o1. The van der Waals surface area contributed by atoms with Crippen LogP contribution in [0, 0.1) is 6.92 Å². The summed E-state index contributed by atoms with van der Waals surface area (Å²) >= 11 is 2.69. The van der Waals surface area contributed by atoms with Crippen LogP contribution in [0.2, 0.25) is 0 Å². The van der Waals surface area contributed by atoms with Crippen molar-refractivity contribution in [1.82, 2.24) is 19.7 Å². The van der Waals surface area contributed by atoms with Gasteiger partial charge in [0.05, 0.1) is 18.6 Å². The Kier molecular flexibility index (Phi) is 5.86. The van der Waals surface area contributed by atoms with E-state index in [4.69, 9.17) is 9.15 Å². The Morgan fingerprint density at radius 3 is 3.03 bits per heavy atom. The van der Waals surface area contributed by atoms with E-state index < -0.39 is 0 Å². The van der Waals surface area contributed by atoms with Crippen LogP contribution in [0.4, 0.5) is 5.13 Å². The summed E-state index contributed by atoms with van der Waals surface area (Å²) in [6.07, 6.45) is 1.75. The number of para-hydroxylation sites is 1. The molecule has 0 radical (unpaired) electrons. The highest BCUT2D eigenvalue weighted by molar-refractivity contribution is 7.99. The predicted octanol–water partition coefficient (Wildman–Crippen LogP) is 4.38. The van der Waals surface area contributed by atoms with Crippen molar-refractivity contribution >= 4 is 45.1 Å². The summed E-state index contributed by atoms with van der Waals surface area (Å²) < 4.78 is 13.2. The van der Waals surface area contributed by atoms with Crippen molar-refractivity contribution in [2.24, 2.45) is 0 Å². The van der Waals surface area contributed by atoms with E-state index in [1.54, 1.807) is 13.2 Å². The van der Waals surface area contributed by atoms with Crippen LogP contribution in [0.1, 0.15) is 5.69 Å². The van der Waals surface area contributed by atoms with E-state index in [2.05, 4.69) is 27.1 Å². The number of thioether (sulfide) groups is 1. The van der Waals surface area contributed by atoms with Crippen molar-refractivity contribution in [3.63, 3.8) is 0 Å². The van der Waals surface area contributed by atoms with Gasteiger partial charge < -0.3 is 14.5 Å². The van der Waals surface area contributed by atoms with Gasteiger partial charge in [-0.1, -0.05) is 30.0 Å². The molecule has 4 rings (SSSR count). The molecule has 1 amide bonds. The number of carbonyl (C=O) groups excluding carboxylic acids is 1. The molecule has 30 heavy (non-hydrogen) atoms. The van der Waals surface area contributed by atoms with E-state index in [1.807, 2.05) is 41.1 Å². The quantitative estimate of drug-likeness (QED) is 0.320. The fourth-order valence-corrected chi connectivity index (χ4v) is 4.33. The number of allylic oxidation sites excluding steroid dienone is 1. The molecule has 154 valence electrons. The van der Waals surface area contributed by atoms with Crippen LogP contribution in [0.25, 0.3) is 22.6 Å². The number of amides is 1. The zero-order valence-corrected chi connectivity index (χ0v) is 18.0. The third-order valence-corrected chi connectivity index (χ3v) is 6.02. The van der Waals surface area contributed by atoms with E-state index in [0.29, 0.717) is 39.7 Å². The van der Waals surface area contributed by atoms with Crippen molar-refractivity contribution in [3.05, 3.63) is 48.0 Å². The van der Waals surface area contributed by atoms with E-state index in [1.165, 1.54) is 23.1 Å². The van der Waals surface area contributed by atoms with Crippen LogP contribution >= 0.6 is 23.1 Å². The zero-order chi connectivity index (χ0) is 21.1. The maximum Gasteiger partial charge on any atom is 0.236 e. The third-order valence-electron chi connectivity index (χ3n) is 4.17. The number of methoxy groups -OCH3 is 1. The number of nitrogens with zero attached hydrogens (tertiary/aromatic N) is 4. The number of aryl methyl sites for hydroxylation is 1. The molecule has 3 aromatic heterocycles. The van der Waals surface area contributed by atoms with Crippen LogP contribution in [0.15, 0.2) is 51.9 Å². The Balaban J connectivity index is 1.56. The van der Waals surface area contributed by atoms with Gasteiger partial charge in [-0.15, -0.1) is 28.1 Å². The Hall–Kier alpha value is -3.11. The molecule has 0 bridgehead atoms. The van der Waals surface area contributed by atoms with Crippen LogP contribution in [0.3, 0.4) is 0 Å². The number of aromatic nitrogens is 4. The first kappa shape index (κ1) is 20.2. The third kappa shape index (κ3) is 4.10. The zero-order valence-electron chi connectivity index (χ0n) is 16.4. The molecule has 0 fully saturated rings. The van der Waals surface area contributed by atoms with Gasteiger partial charge in [0.2, 0.25) is 11.7 Å². The van der Waals surface area contributed by atoms with Gasteiger partial charge in [0.15, 0.2) is 27.4 Å². The number of carbonyl (C=O) groups is 1. The number of hydrogen-bond donors (Lipinski definition) is 1. The average Bonchev–Trinajstić information content (AvgIpc) is 3.44. The number of thiazole rings is 1. The van der Waals surface area contributed by atoms with Gasteiger partial charge in [-0.3, -0.25) is 9.36 Å². The number of ether oxygens (including phenoxy) is 1. The predicted molar refractivity (Wildman–Crippen MR) is 118 cm³/mol. The molecule has 0 aliphatic rings. The molecule has 1 N–H and O–H groups in total. The molecule has 1 aromatic carbocycles. The Morgan fingerprint density at radius 2 is 2.30 bits per heavy atom.